The van der Waals surface area contributed by atoms with E-state index in [4.69, 9.17) is 23.2 Å². The molecule has 0 aromatic heterocycles. The minimum atomic E-state index is 0.183. The smallest absolute Gasteiger partial charge is 0.0426 e. The quantitative estimate of drug-likeness (QED) is 0.557. The molecular weight excluding hydrogens is 223 g/mol. The zero-order chi connectivity index (χ0) is 6.85. The van der Waals surface area contributed by atoms with E-state index in [0.29, 0.717) is 10.1 Å². The Labute approximate surface area is 72.7 Å². The Balaban J connectivity index is 2.74. The predicted octanol–water partition coefficient (Wildman–Crippen LogP) is 3.21. The Morgan fingerprint density at radius 1 is 1.33 bits per heavy atom. The van der Waals surface area contributed by atoms with Crippen LogP contribution in [0.3, 0.4) is 0 Å². The number of halogens is 3. The van der Waals surface area contributed by atoms with Gasteiger partial charge in [0.2, 0.25) is 0 Å². The van der Waals surface area contributed by atoms with Crippen molar-refractivity contribution in [3.05, 3.63) is 28.6 Å². The van der Waals surface area contributed by atoms with Crippen LogP contribution in [0.2, 0.25) is 0 Å². The molecule has 0 saturated carbocycles. The maximum atomic E-state index is 5.66. The summed E-state index contributed by atoms with van der Waals surface area (Å²) in [5.74, 6) is 0. The number of allylic oxidation sites excluding steroid dienone is 4. The number of hydrogen-bond acceptors (Lipinski definition) is 0. The Morgan fingerprint density at radius 3 is 2.44 bits per heavy atom. The average Bonchev–Trinajstić information content (AvgIpc) is 1.59. The first-order chi connectivity index (χ1) is 4.18. The van der Waals surface area contributed by atoms with E-state index in [1.807, 2.05) is 12.5 Å². The van der Waals surface area contributed by atoms with E-state index in [9.17, 15) is 0 Å². The fourth-order valence-corrected chi connectivity index (χ4v) is 2.02. The molecule has 0 spiro atoms. The number of hydrogen-bond donors (Lipinski definition) is 0. The SMILES string of the molecule is ClC1=CC(Cl)=CC(Br)[CH]1. The summed E-state index contributed by atoms with van der Waals surface area (Å²) >= 11 is 14.6. The van der Waals surface area contributed by atoms with Gasteiger partial charge in [0.15, 0.2) is 0 Å². The topological polar surface area (TPSA) is 0 Å². The maximum Gasteiger partial charge on any atom is 0.0426 e. The van der Waals surface area contributed by atoms with E-state index in [-0.39, 0.29) is 4.83 Å². The molecule has 0 fully saturated rings. The van der Waals surface area contributed by atoms with Crippen molar-refractivity contribution in [2.24, 2.45) is 0 Å². The van der Waals surface area contributed by atoms with Crippen molar-refractivity contribution >= 4 is 39.1 Å². The van der Waals surface area contributed by atoms with E-state index in [2.05, 4.69) is 15.9 Å². The lowest BCUT2D eigenvalue weighted by Crippen LogP contribution is -1.98. The molecule has 0 aliphatic heterocycles. The summed E-state index contributed by atoms with van der Waals surface area (Å²) in [4.78, 5) is 0.183. The van der Waals surface area contributed by atoms with Crippen molar-refractivity contribution in [1.29, 1.82) is 0 Å². The average molecular weight is 227 g/mol. The molecule has 0 bridgehead atoms. The zero-order valence-corrected chi connectivity index (χ0v) is 7.54. The van der Waals surface area contributed by atoms with E-state index in [0.717, 1.165) is 0 Å². The van der Waals surface area contributed by atoms with Crippen LogP contribution >= 0.6 is 39.1 Å². The molecule has 1 atom stereocenters. The predicted molar refractivity (Wildman–Crippen MR) is 44.9 cm³/mol. The standard InChI is InChI=1S/C6H4BrCl2/c7-4-1-5(8)3-6(9)2-4/h1-4H. The van der Waals surface area contributed by atoms with E-state index in [1.165, 1.54) is 0 Å². The van der Waals surface area contributed by atoms with Gasteiger partial charge in [0.1, 0.15) is 0 Å². The van der Waals surface area contributed by atoms with Crippen LogP contribution in [-0.4, -0.2) is 4.83 Å². The molecule has 0 aromatic carbocycles. The molecule has 9 heavy (non-hydrogen) atoms. The van der Waals surface area contributed by atoms with Crippen molar-refractivity contribution in [3.8, 4) is 0 Å². The molecule has 1 radical (unpaired) electrons. The van der Waals surface area contributed by atoms with Gasteiger partial charge in [0, 0.05) is 21.3 Å². The van der Waals surface area contributed by atoms with Crippen molar-refractivity contribution in [2.45, 2.75) is 4.83 Å². The van der Waals surface area contributed by atoms with Crippen LogP contribution in [0, 0.1) is 6.42 Å². The maximum absolute atomic E-state index is 5.66. The van der Waals surface area contributed by atoms with Gasteiger partial charge >= 0.3 is 0 Å². The van der Waals surface area contributed by atoms with Crippen LogP contribution in [0.1, 0.15) is 0 Å². The largest absolute Gasteiger partial charge is 0.0887 e. The molecule has 1 unspecified atom stereocenters. The third-order valence-corrected chi connectivity index (χ3v) is 1.91. The van der Waals surface area contributed by atoms with Crippen LogP contribution in [0.15, 0.2) is 22.2 Å². The highest BCUT2D eigenvalue weighted by atomic mass is 79.9. The van der Waals surface area contributed by atoms with Gasteiger partial charge < -0.3 is 0 Å². The molecule has 0 N–H and O–H groups in total. The molecule has 0 amide bonds. The molecule has 1 aliphatic rings. The normalized spacial score (nSPS) is 27.2. The summed E-state index contributed by atoms with van der Waals surface area (Å²) in [6.45, 7) is 0. The Hall–Kier alpha value is 0.540. The lowest BCUT2D eigenvalue weighted by atomic mass is 10.2. The van der Waals surface area contributed by atoms with Gasteiger partial charge in [0.25, 0.3) is 0 Å². The first kappa shape index (κ1) is 7.64. The third-order valence-electron chi connectivity index (χ3n) is 0.913. The third kappa shape index (κ3) is 2.32. The summed E-state index contributed by atoms with van der Waals surface area (Å²) in [6.07, 6.45) is 5.45. The molecule has 1 aliphatic carbocycles. The summed E-state index contributed by atoms with van der Waals surface area (Å²) in [6, 6.07) is 0. The van der Waals surface area contributed by atoms with Crippen LogP contribution in [-0.2, 0) is 0 Å². The Morgan fingerprint density at radius 2 is 2.00 bits per heavy atom. The summed E-state index contributed by atoms with van der Waals surface area (Å²) in [5, 5.41) is 1.37. The van der Waals surface area contributed by atoms with E-state index >= 15 is 0 Å². The second kappa shape index (κ2) is 3.09. The first-order valence-electron chi connectivity index (χ1n) is 2.42. The van der Waals surface area contributed by atoms with Gasteiger partial charge in [-0.2, -0.15) is 0 Å². The Kier molecular flexibility index (Phi) is 2.62. The van der Waals surface area contributed by atoms with Gasteiger partial charge in [-0.3, -0.25) is 0 Å². The highest BCUT2D eigenvalue weighted by molar-refractivity contribution is 9.09. The van der Waals surface area contributed by atoms with Crippen molar-refractivity contribution in [3.63, 3.8) is 0 Å². The van der Waals surface area contributed by atoms with Crippen molar-refractivity contribution < 1.29 is 0 Å². The second-order valence-corrected chi connectivity index (χ2v) is 3.62. The van der Waals surface area contributed by atoms with Gasteiger partial charge in [-0.1, -0.05) is 45.2 Å². The molecule has 0 saturated heterocycles. The van der Waals surface area contributed by atoms with Gasteiger partial charge in [-0.15, -0.1) is 0 Å². The second-order valence-electron chi connectivity index (χ2n) is 1.69. The molecule has 3 heteroatoms. The summed E-state index contributed by atoms with van der Waals surface area (Å²) < 4.78 is 0. The van der Waals surface area contributed by atoms with Gasteiger partial charge in [-0.25, -0.2) is 0 Å². The van der Waals surface area contributed by atoms with Crippen LogP contribution < -0.4 is 0 Å². The number of alkyl halides is 1. The molecule has 0 aromatic rings. The Bertz CT molecular complexity index is 172. The minimum absolute atomic E-state index is 0.183. The van der Waals surface area contributed by atoms with Crippen LogP contribution in [0.5, 0.6) is 0 Å². The zero-order valence-electron chi connectivity index (χ0n) is 4.44. The highest BCUT2D eigenvalue weighted by Gasteiger charge is 2.09. The molecule has 1 rings (SSSR count). The fraction of sp³-hybridized carbons (Fsp3) is 0.167. The highest BCUT2D eigenvalue weighted by Crippen LogP contribution is 2.25. The van der Waals surface area contributed by atoms with Crippen molar-refractivity contribution in [2.75, 3.05) is 0 Å². The van der Waals surface area contributed by atoms with Crippen molar-refractivity contribution in [1.82, 2.24) is 0 Å². The molecule has 0 heterocycles. The number of rotatable bonds is 0. The lowest BCUT2D eigenvalue weighted by molar-refractivity contribution is 1.28. The summed E-state index contributed by atoms with van der Waals surface area (Å²) in [7, 11) is 0. The molecular formula is C6H4BrCl2. The lowest BCUT2D eigenvalue weighted by Gasteiger charge is -2.08. The first-order valence-corrected chi connectivity index (χ1v) is 4.09. The van der Waals surface area contributed by atoms with Gasteiger partial charge in [-0.05, 0) is 6.08 Å². The monoisotopic (exact) mass is 225 g/mol. The molecule has 0 nitrogen and oxygen atoms in total. The van der Waals surface area contributed by atoms with E-state index in [1.54, 1.807) is 6.08 Å². The summed E-state index contributed by atoms with van der Waals surface area (Å²) in [5.41, 5.74) is 0. The van der Waals surface area contributed by atoms with Crippen LogP contribution in [0.25, 0.3) is 0 Å². The van der Waals surface area contributed by atoms with Crippen LogP contribution in [0.4, 0.5) is 0 Å². The van der Waals surface area contributed by atoms with Gasteiger partial charge in [0.05, 0.1) is 0 Å². The fourth-order valence-electron chi connectivity index (χ4n) is 0.580. The molecule has 49 valence electrons. The minimum Gasteiger partial charge on any atom is -0.0887 e. The van der Waals surface area contributed by atoms with E-state index < -0.39 is 0 Å².